The number of carbonyl (C=O) groups is 2. The van der Waals surface area contributed by atoms with Crippen LogP contribution in [0.3, 0.4) is 0 Å². The van der Waals surface area contributed by atoms with E-state index < -0.39 is 11.9 Å². The molecule has 0 heterocycles. The number of ether oxygens (including phenoxy) is 1. The molecule has 1 aromatic carbocycles. The standard InChI is InChI=1S/C12H16FN3O3/c1-2-15-6-8-5-9(13)3-4-10(8)19-7-11(17)16-12(14)18/h3-5,15H,2,6-7H2,1H3,(H3,14,16,17,18). The molecular weight excluding hydrogens is 253 g/mol. The first kappa shape index (κ1) is 14.9. The molecule has 0 aliphatic heterocycles. The summed E-state index contributed by atoms with van der Waals surface area (Å²) in [7, 11) is 0. The molecule has 4 N–H and O–H groups in total. The smallest absolute Gasteiger partial charge is 0.318 e. The number of hydrogen-bond acceptors (Lipinski definition) is 4. The zero-order chi connectivity index (χ0) is 14.3. The average molecular weight is 269 g/mol. The lowest BCUT2D eigenvalue weighted by Crippen LogP contribution is -2.38. The van der Waals surface area contributed by atoms with Crippen LogP contribution in [0.25, 0.3) is 0 Å². The lowest BCUT2D eigenvalue weighted by atomic mass is 10.2. The number of primary amides is 1. The van der Waals surface area contributed by atoms with Crippen molar-refractivity contribution in [1.29, 1.82) is 0 Å². The van der Waals surface area contributed by atoms with Crippen molar-refractivity contribution in [2.75, 3.05) is 13.2 Å². The van der Waals surface area contributed by atoms with Gasteiger partial charge >= 0.3 is 6.03 Å². The maximum absolute atomic E-state index is 13.1. The number of urea groups is 1. The van der Waals surface area contributed by atoms with E-state index >= 15 is 0 Å². The predicted molar refractivity (Wildman–Crippen MR) is 67.0 cm³/mol. The van der Waals surface area contributed by atoms with Gasteiger partial charge < -0.3 is 15.8 Å². The summed E-state index contributed by atoms with van der Waals surface area (Å²) in [6.45, 7) is 2.69. The average Bonchev–Trinajstić information content (AvgIpc) is 2.34. The highest BCUT2D eigenvalue weighted by Crippen LogP contribution is 2.19. The van der Waals surface area contributed by atoms with Crippen LogP contribution in [0, 0.1) is 5.82 Å². The Labute approximate surface area is 110 Å². The normalized spacial score (nSPS) is 10.0. The van der Waals surface area contributed by atoms with Crippen molar-refractivity contribution >= 4 is 11.9 Å². The lowest BCUT2D eigenvalue weighted by Gasteiger charge is -2.11. The molecule has 0 bridgehead atoms. The molecule has 0 radical (unpaired) electrons. The summed E-state index contributed by atoms with van der Waals surface area (Å²) < 4.78 is 18.3. The Morgan fingerprint density at radius 2 is 2.16 bits per heavy atom. The molecule has 0 spiro atoms. The zero-order valence-electron chi connectivity index (χ0n) is 10.5. The maximum atomic E-state index is 13.1. The Bertz CT molecular complexity index is 466. The molecular formula is C12H16FN3O3. The molecule has 0 aliphatic rings. The predicted octanol–water partition coefficient (Wildman–Crippen LogP) is 0.509. The third-order valence-electron chi connectivity index (χ3n) is 2.21. The molecule has 19 heavy (non-hydrogen) atoms. The van der Waals surface area contributed by atoms with Gasteiger partial charge in [-0.25, -0.2) is 9.18 Å². The number of imide groups is 1. The van der Waals surface area contributed by atoms with Gasteiger partial charge in [-0.05, 0) is 24.7 Å². The summed E-state index contributed by atoms with van der Waals surface area (Å²) in [5.74, 6) is -0.671. The SMILES string of the molecule is CCNCc1cc(F)ccc1OCC(=O)NC(N)=O. The van der Waals surface area contributed by atoms with E-state index in [1.54, 1.807) is 0 Å². The van der Waals surface area contributed by atoms with E-state index in [2.05, 4.69) is 5.32 Å². The van der Waals surface area contributed by atoms with Crippen molar-refractivity contribution in [3.63, 3.8) is 0 Å². The van der Waals surface area contributed by atoms with Gasteiger partial charge in [0.2, 0.25) is 0 Å². The summed E-state index contributed by atoms with van der Waals surface area (Å²) >= 11 is 0. The van der Waals surface area contributed by atoms with Crippen molar-refractivity contribution in [2.45, 2.75) is 13.5 Å². The van der Waals surface area contributed by atoms with Crippen LogP contribution in [-0.2, 0) is 11.3 Å². The minimum absolute atomic E-state index is 0.367. The molecule has 7 heteroatoms. The largest absolute Gasteiger partial charge is 0.483 e. The van der Waals surface area contributed by atoms with Gasteiger partial charge in [0.05, 0.1) is 0 Å². The molecule has 0 saturated carbocycles. The Balaban J connectivity index is 2.66. The van der Waals surface area contributed by atoms with Gasteiger partial charge in [0, 0.05) is 12.1 Å². The Kier molecular flexibility index (Phi) is 5.74. The second-order valence-electron chi connectivity index (χ2n) is 3.73. The van der Waals surface area contributed by atoms with E-state index in [0.29, 0.717) is 17.9 Å². The molecule has 0 aliphatic carbocycles. The summed E-state index contributed by atoms with van der Waals surface area (Å²) in [4.78, 5) is 21.6. The highest BCUT2D eigenvalue weighted by Gasteiger charge is 2.09. The first-order chi connectivity index (χ1) is 9.02. The fourth-order valence-electron chi connectivity index (χ4n) is 1.40. The van der Waals surface area contributed by atoms with Gasteiger partial charge in [0.15, 0.2) is 6.61 Å². The number of amides is 3. The fourth-order valence-corrected chi connectivity index (χ4v) is 1.40. The molecule has 0 fully saturated rings. The molecule has 1 aromatic rings. The van der Waals surface area contributed by atoms with Gasteiger partial charge in [-0.3, -0.25) is 10.1 Å². The molecule has 0 unspecified atom stereocenters. The zero-order valence-corrected chi connectivity index (χ0v) is 10.5. The first-order valence-electron chi connectivity index (χ1n) is 5.74. The number of carbonyl (C=O) groups excluding carboxylic acids is 2. The molecule has 1 rings (SSSR count). The third-order valence-corrected chi connectivity index (χ3v) is 2.21. The van der Waals surface area contributed by atoms with Crippen molar-refractivity contribution in [3.05, 3.63) is 29.6 Å². The van der Waals surface area contributed by atoms with Gasteiger partial charge in [-0.2, -0.15) is 0 Å². The van der Waals surface area contributed by atoms with E-state index in [0.717, 1.165) is 6.54 Å². The Morgan fingerprint density at radius 3 is 2.79 bits per heavy atom. The highest BCUT2D eigenvalue weighted by atomic mass is 19.1. The van der Waals surface area contributed by atoms with Crippen LogP contribution in [0.15, 0.2) is 18.2 Å². The second-order valence-corrected chi connectivity index (χ2v) is 3.73. The minimum Gasteiger partial charge on any atom is -0.483 e. The Morgan fingerprint density at radius 1 is 1.42 bits per heavy atom. The number of nitrogens with one attached hydrogen (secondary N) is 2. The van der Waals surface area contributed by atoms with Crippen molar-refractivity contribution in [1.82, 2.24) is 10.6 Å². The number of benzene rings is 1. The molecule has 3 amide bonds. The number of nitrogens with two attached hydrogens (primary N) is 1. The first-order valence-corrected chi connectivity index (χ1v) is 5.74. The van der Waals surface area contributed by atoms with E-state index in [4.69, 9.17) is 10.5 Å². The van der Waals surface area contributed by atoms with E-state index in [9.17, 15) is 14.0 Å². The topological polar surface area (TPSA) is 93.4 Å². The summed E-state index contributed by atoms with van der Waals surface area (Å²) in [6.07, 6.45) is 0. The maximum Gasteiger partial charge on any atom is 0.318 e. The van der Waals surface area contributed by atoms with Crippen LogP contribution < -0.4 is 21.1 Å². The monoisotopic (exact) mass is 269 g/mol. The van der Waals surface area contributed by atoms with Crippen molar-refractivity contribution in [3.8, 4) is 5.75 Å². The number of hydrogen-bond donors (Lipinski definition) is 3. The van der Waals surface area contributed by atoms with Gasteiger partial charge in [-0.15, -0.1) is 0 Å². The van der Waals surface area contributed by atoms with Gasteiger partial charge in [0.25, 0.3) is 5.91 Å². The highest BCUT2D eigenvalue weighted by molar-refractivity contribution is 5.94. The fraction of sp³-hybridized carbons (Fsp3) is 0.333. The van der Waals surface area contributed by atoms with Crippen LogP contribution in [-0.4, -0.2) is 25.1 Å². The van der Waals surface area contributed by atoms with E-state index in [1.165, 1.54) is 18.2 Å². The molecule has 6 nitrogen and oxygen atoms in total. The molecule has 0 saturated heterocycles. The lowest BCUT2D eigenvalue weighted by molar-refractivity contribution is -0.121. The van der Waals surface area contributed by atoms with Crippen LogP contribution in [0.1, 0.15) is 12.5 Å². The Hall–Kier alpha value is -2.15. The second kappa shape index (κ2) is 7.32. The van der Waals surface area contributed by atoms with Crippen LogP contribution in [0.5, 0.6) is 5.75 Å². The third kappa shape index (κ3) is 5.35. The number of halogens is 1. The van der Waals surface area contributed by atoms with E-state index in [-0.39, 0.29) is 12.4 Å². The quantitative estimate of drug-likeness (QED) is 0.701. The van der Waals surface area contributed by atoms with Gasteiger partial charge in [0.1, 0.15) is 11.6 Å². The molecule has 0 atom stereocenters. The molecule has 0 aromatic heterocycles. The number of rotatable bonds is 6. The summed E-state index contributed by atoms with van der Waals surface area (Å²) in [5, 5.41) is 4.90. The van der Waals surface area contributed by atoms with Gasteiger partial charge in [-0.1, -0.05) is 6.92 Å². The van der Waals surface area contributed by atoms with Crippen molar-refractivity contribution in [2.24, 2.45) is 5.73 Å². The van der Waals surface area contributed by atoms with Crippen molar-refractivity contribution < 1.29 is 18.7 Å². The van der Waals surface area contributed by atoms with Crippen LogP contribution >= 0.6 is 0 Å². The van der Waals surface area contributed by atoms with Crippen LogP contribution in [0.2, 0.25) is 0 Å². The summed E-state index contributed by atoms with van der Waals surface area (Å²) in [5.41, 5.74) is 5.38. The summed E-state index contributed by atoms with van der Waals surface area (Å²) in [6, 6.07) is 3.04. The van der Waals surface area contributed by atoms with E-state index in [1.807, 2.05) is 12.2 Å². The van der Waals surface area contributed by atoms with Crippen LogP contribution in [0.4, 0.5) is 9.18 Å². The molecule has 104 valence electrons. The minimum atomic E-state index is -0.944.